The number of carbonyl (C=O) groups excluding carboxylic acids is 1. The van der Waals surface area contributed by atoms with Gasteiger partial charge in [-0.25, -0.2) is 4.79 Å². The zero-order valence-electron chi connectivity index (χ0n) is 10.6. The second kappa shape index (κ2) is 5.12. The molecule has 0 atom stereocenters. The fourth-order valence-electron chi connectivity index (χ4n) is 1.67. The van der Waals surface area contributed by atoms with Gasteiger partial charge in [0.05, 0.1) is 17.2 Å². The van der Waals surface area contributed by atoms with Gasteiger partial charge in [0, 0.05) is 9.75 Å². The molecule has 2 heterocycles. The smallest absolute Gasteiger partial charge is 0.350 e. The molecule has 3 nitrogen and oxygen atoms in total. The Morgan fingerprint density at radius 2 is 2.06 bits per heavy atom. The predicted octanol–water partition coefficient (Wildman–Crippen LogP) is 3.85. The van der Waals surface area contributed by atoms with Crippen molar-refractivity contribution in [1.82, 2.24) is 0 Å². The van der Waals surface area contributed by atoms with Crippen LogP contribution in [0.2, 0.25) is 0 Å². The summed E-state index contributed by atoms with van der Waals surface area (Å²) in [6.07, 6.45) is 0. The fourth-order valence-corrected chi connectivity index (χ4v) is 3.82. The molecule has 0 saturated carbocycles. The first-order chi connectivity index (χ1) is 8.54. The summed E-state index contributed by atoms with van der Waals surface area (Å²) in [5, 5.41) is 0. The van der Waals surface area contributed by atoms with Gasteiger partial charge in [0.1, 0.15) is 4.88 Å². The maximum Gasteiger partial charge on any atom is 0.350 e. The largest absolute Gasteiger partial charge is 0.462 e. The van der Waals surface area contributed by atoms with Gasteiger partial charge in [-0.2, -0.15) is 0 Å². The Bertz CT molecular complexity index is 584. The molecule has 5 heteroatoms. The minimum Gasteiger partial charge on any atom is -0.462 e. The van der Waals surface area contributed by atoms with Crippen molar-refractivity contribution in [2.45, 2.75) is 20.8 Å². The summed E-state index contributed by atoms with van der Waals surface area (Å²) in [5.74, 6) is -0.331. The van der Waals surface area contributed by atoms with Crippen molar-refractivity contribution in [2.75, 3.05) is 12.3 Å². The molecule has 0 bridgehead atoms. The lowest BCUT2D eigenvalue weighted by atomic mass is 10.2. The second-order valence-electron chi connectivity index (χ2n) is 3.93. The van der Waals surface area contributed by atoms with Gasteiger partial charge >= 0.3 is 5.97 Å². The molecule has 2 aromatic heterocycles. The van der Waals surface area contributed by atoms with Crippen LogP contribution >= 0.6 is 22.7 Å². The van der Waals surface area contributed by atoms with Crippen LogP contribution in [0.5, 0.6) is 0 Å². The Hall–Kier alpha value is -1.33. The van der Waals surface area contributed by atoms with Crippen molar-refractivity contribution in [3.8, 4) is 9.75 Å². The molecule has 0 fully saturated rings. The molecular weight excluding hydrogens is 266 g/mol. The van der Waals surface area contributed by atoms with Gasteiger partial charge in [0.2, 0.25) is 0 Å². The van der Waals surface area contributed by atoms with E-state index in [0.29, 0.717) is 17.2 Å². The van der Waals surface area contributed by atoms with E-state index < -0.39 is 0 Å². The third-order valence-electron chi connectivity index (χ3n) is 2.62. The molecule has 0 spiro atoms. The number of thiophene rings is 2. The molecule has 0 unspecified atom stereocenters. The van der Waals surface area contributed by atoms with E-state index in [1.165, 1.54) is 16.2 Å². The van der Waals surface area contributed by atoms with Crippen LogP contribution in [-0.2, 0) is 4.74 Å². The first-order valence-corrected chi connectivity index (χ1v) is 7.30. The molecule has 2 rings (SSSR count). The number of anilines is 1. The van der Waals surface area contributed by atoms with Crippen LogP contribution in [0.15, 0.2) is 12.1 Å². The van der Waals surface area contributed by atoms with Crippen LogP contribution in [0.4, 0.5) is 5.69 Å². The number of ether oxygens (including phenoxy) is 1. The van der Waals surface area contributed by atoms with Gasteiger partial charge in [-0.1, -0.05) is 0 Å². The van der Waals surface area contributed by atoms with E-state index in [-0.39, 0.29) is 5.97 Å². The molecule has 0 amide bonds. The predicted molar refractivity (Wildman–Crippen MR) is 77.5 cm³/mol. The Labute approximate surface area is 114 Å². The topological polar surface area (TPSA) is 52.3 Å². The maximum absolute atomic E-state index is 11.8. The second-order valence-corrected chi connectivity index (χ2v) is 6.24. The number of hydrogen-bond donors (Lipinski definition) is 1. The van der Waals surface area contributed by atoms with Crippen molar-refractivity contribution >= 4 is 34.3 Å². The molecule has 0 aliphatic heterocycles. The number of esters is 1. The van der Waals surface area contributed by atoms with Crippen molar-refractivity contribution in [3.05, 3.63) is 27.5 Å². The van der Waals surface area contributed by atoms with Crippen LogP contribution in [0.1, 0.15) is 27.0 Å². The summed E-state index contributed by atoms with van der Waals surface area (Å²) < 4.78 is 5.01. The molecule has 96 valence electrons. The third kappa shape index (κ3) is 2.28. The molecule has 0 aliphatic carbocycles. The summed E-state index contributed by atoms with van der Waals surface area (Å²) in [4.78, 5) is 15.7. The van der Waals surface area contributed by atoms with E-state index in [4.69, 9.17) is 10.5 Å². The summed E-state index contributed by atoms with van der Waals surface area (Å²) in [6, 6.07) is 4.13. The van der Waals surface area contributed by atoms with Crippen molar-refractivity contribution < 1.29 is 9.53 Å². The standard InChI is InChI=1S/C13H15NO2S2/c1-4-16-13(15)12-10(14)8(3)11(18-12)9-6-5-7(2)17-9/h5-6H,4,14H2,1-3H3. The molecule has 0 radical (unpaired) electrons. The SMILES string of the molecule is CCOC(=O)c1sc(-c2ccc(C)s2)c(C)c1N. The minimum absolute atomic E-state index is 0.331. The average molecular weight is 281 g/mol. The quantitative estimate of drug-likeness (QED) is 0.869. The molecule has 2 N–H and O–H groups in total. The lowest BCUT2D eigenvalue weighted by Gasteiger charge is -1.99. The molecule has 0 saturated heterocycles. The summed E-state index contributed by atoms with van der Waals surface area (Å²) in [7, 11) is 0. The Balaban J connectivity index is 2.45. The molecular formula is C13H15NO2S2. The number of aryl methyl sites for hydroxylation is 1. The minimum atomic E-state index is -0.331. The van der Waals surface area contributed by atoms with Gasteiger partial charge in [0.25, 0.3) is 0 Å². The fraction of sp³-hybridized carbons (Fsp3) is 0.308. The van der Waals surface area contributed by atoms with Gasteiger partial charge < -0.3 is 10.5 Å². The highest BCUT2D eigenvalue weighted by Crippen LogP contribution is 2.41. The summed E-state index contributed by atoms with van der Waals surface area (Å²) >= 11 is 3.12. The molecule has 2 aromatic rings. The summed E-state index contributed by atoms with van der Waals surface area (Å²) in [5.41, 5.74) is 7.50. The number of nitrogens with two attached hydrogens (primary N) is 1. The first-order valence-electron chi connectivity index (χ1n) is 5.67. The Morgan fingerprint density at radius 1 is 1.33 bits per heavy atom. The maximum atomic E-state index is 11.8. The van der Waals surface area contributed by atoms with Gasteiger partial charge in [-0.05, 0) is 38.5 Å². The van der Waals surface area contributed by atoms with Crippen LogP contribution in [0.25, 0.3) is 9.75 Å². The monoisotopic (exact) mass is 281 g/mol. The molecule has 0 aromatic carbocycles. The number of hydrogen-bond acceptors (Lipinski definition) is 5. The summed E-state index contributed by atoms with van der Waals surface area (Å²) in [6.45, 7) is 6.16. The molecule has 18 heavy (non-hydrogen) atoms. The van der Waals surface area contributed by atoms with Gasteiger partial charge in [-0.15, -0.1) is 22.7 Å². The lowest BCUT2D eigenvalue weighted by molar-refractivity contribution is 0.0533. The van der Waals surface area contributed by atoms with E-state index in [9.17, 15) is 4.79 Å². The van der Waals surface area contributed by atoms with Crippen molar-refractivity contribution in [1.29, 1.82) is 0 Å². The van der Waals surface area contributed by atoms with Crippen molar-refractivity contribution in [3.63, 3.8) is 0 Å². The van der Waals surface area contributed by atoms with Crippen LogP contribution in [0, 0.1) is 13.8 Å². The van der Waals surface area contributed by atoms with Crippen molar-refractivity contribution in [2.24, 2.45) is 0 Å². The zero-order valence-corrected chi connectivity index (χ0v) is 12.2. The lowest BCUT2D eigenvalue weighted by Crippen LogP contribution is -2.05. The Morgan fingerprint density at radius 3 is 2.61 bits per heavy atom. The van der Waals surface area contributed by atoms with Crippen LogP contribution in [0.3, 0.4) is 0 Å². The first kappa shape index (κ1) is 13.1. The van der Waals surface area contributed by atoms with E-state index in [1.54, 1.807) is 18.3 Å². The van der Waals surface area contributed by atoms with E-state index in [1.807, 2.05) is 6.92 Å². The Kier molecular flexibility index (Phi) is 3.73. The highest BCUT2D eigenvalue weighted by Gasteiger charge is 2.20. The highest BCUT2D eigenvalue weighted by molar-refractivity contribution is 7.23. The van der Waals surface area contributed by atoms with Gasteiger partial charge in [-0.3, -0.25) is 0 Å². The van der Waals surface area contributed by atoms with E-state index in [0.717, 1.165) is 15.3 Å². The number of rotatable bonds is 3. The number of carbonyl (C=O) groups is 1. The molecule has 0 aliphatic rings. The van der Waals surface area contributed by atoms with E-state index in [2.05, 4.69) is 19.1 Å². The highest BCUT2D eigenvalue weighted by atomic mass is 32.1. The van der Waals surface area contributed by atoms with E-state index >= 15 is 0 Å². The third-order valence-corrected chi connectivity index (χ3v) is 5.09. The van der Waals surface area contributed by atoms with Crippen LogP contribution < -0.4 is 5.73 Å². The normalized spacial score (nSPS) is 10.6. The van der Waals surface area contributed by atoms with Gasteiger partial charge in [0.15, 0.2) is 0 Å². The average Bonchev–Trinajstić information content (AvgIpc) is 2.86. The van der Waals surface area contributed by atoms with Crippen LogP contribution in [-0.4, -0.2) is 12.6 Å². The number of nitrogen functional groups attached to an aromatic ring is 1. The zero-order chi connectivity index (χ0) is 13.3.